The van der Waals surface area contributed by atoms with Crippen molar-refractivity contribution < 1.29 is 4.84 Å². The van der Waals surface area contributed by atoms with E-state index in [0.29, 0.717) is 12.5 Å². The number of fused-ring (bicyclic) bond motifs is 2. The van der Waals surface area contributed by atoms with Crippen molar-refractivity contribution in [3.8, 4) is 0 Å². The second kappa shape index (κ2) is 5.53. The van der Waals surface area contributed by atoms with E-state index in [1.165, 1.54) is 37.2 Å². The van der Waals surface area contributed by atoms with Gasteiger partial charge in [0.25, 0.3) is 0 Å². The molecule has 3 nitrogen and oxygen atoms in total. The molecule has 18 heavy (non-hydrogen) atoms. The van der Waals surface area contributed by atoms with Crippen molar-refractivity contribution in [3.05, 3.63) is 35.9 Å². The largest absolute Gasteiger partial charge is 0.391 e. The summed E-state index contributed by atoms with van der Waals surface area (Å²) in [5.74, 6) is 0.642. The average Bonchev–Trinajstić information content (AvgIpc) is 2.43. The number of piperidine rings is 2. The maximum atomic E-state index is 5.52. The maximum Gasteiger partial charge on any atom is 0.142 e. The van der Waals surface area contributed by atoms with Crippen LogP contribution in [0.3, 0.4) is 0 Å². The van der Waals surface area contributed by atoms with Crippen LogP contribution in [0.15, 0.2) is 35.5 Å². The molecule has 0 radical (unpaired) electrons. The summed E-state index contributed by atoms with van der Waals surface area (Å²) in [6, 6.07) is 10.2. The molecule has 2 heterocycles. The van der Waals surface area contributed by atoms with Crippen LogP contribution in [0.5, 0.6) is 0 Å². The van der Waals surface area contributed by atoms with Gasteiger partial charge in [-0.1, -0.05) is 35.5 Å². The van der Waals surface area contributed by atoms with E-state index in [0.717, 1.165) is 13.0 Å². The molecule has 0 aromatic heterocycles. The molecule has 1 aromatic rings. The van der Waals surface area contributed by atoms with Crippen LogP contribution in [0.1, 0.15) is 24.8 Å². The van der Waals surface area contributed by atoms with Gasteiger partial charge in [-0.05, 0) is 24.9 Å². The van der Waals surface area contributed by atoms with E-state index >= 15 is 0 Å². The van der Waals surface area contributed by atoms with Gasteiger partial charge in [-0.2, -0.15) is 0 Å². The number of nitrogens with zero attached hydrogens (tertiary/aromatic N) is 2. The summed E-state index contributed by atoms with van der Waals surface area (Å²) in [6.07, 6.45) is 3.67. The van der Waals surface area contributed by atoms with E-state index in [2.05, 4.69) is 22.2 Å². The lowest BCUT2D eigenvalue weighted by molar-refractivity contribution is 0.120. The van der Waals surface area contributed by atoms with Gasteiger partial charge in [-0.25, -0.2) is 0 Å². The van der Waals surface area contributed by atoms with Gasteiger partial charge in [-0.3, -0.25) is 0 Å². The molecule has 2 aliphatic heterocycles. The van der Waals surface area contributed by atoms with Crippen molar-refractivity contribution in [1.29, 1.82) is 0 Å². The molecule has 2 bridgehead atoms. The Hall–Kier alpha value is -1.35. The van der Waals surface area contributed by atoms with E-state index in [-0.39, 0.29) is 0 Å². The molecular weight excluding hydrogens is 224 g/mol. The molecule has 1 aromatic carbocycles. The zero-order chi connectivity index (χ0) is 12.2. The third-order valence-electron chi connectivity index (χ3n) is 3.92. The summed E-state index contributed by atoms with van der Waals surface area (Å²) in [5.41, 5.74) is 2.46. The monoisotopic (exact) mass is 244 g/mol. The lowest BCUT2D eigenvalue weighted by Gasteiger charge is -2.37. The number of benzene rings is 1. The highest BCUT2D eigenvalue weighted by Gasteiger charge is 2.29. The number of hydrogen-bond acceptors (Lipinski definition) is 3. The topological polar surface area (TPSA) is 24.8 Å². The van der Waals surface area contributed by atoms with E-state index in [1.54, 1.807) is 0 Å². The van der Waals surface area contributed by atoms with Gasteiger partial charge in [0.15, 0.2) is 0 Å². The molecule has 0 aliphatic carbocycles. The summed E-state index contributed by atoms with van der Waals surface area (Å²) in [5, 5.41) is 4.39. The Morgan fingerprint density at radius 3 is 3.00 bits per heavy atom. The standard InChI is InChI=1S/C15H20N2O/c1-2-5-13(6-3-1)12-18-16-15-8-10-17-9-4-7-14(15)11-17/h1-3,5-6,14H,4,7-12H2. The lowest BCUT2D eigenvalue weighted by Crippen LogP contribution is -2.45. The first kappa shape index (κ1) is 11.7. The highest BCUT2D eigenvalue weighted by molar-refractivity contribution is 5.87. The van der Waals surface area contributed by atoms with Crippen molar-refractivity contribution in [2.45, 2.75) is 25.9 Å². The third-order valence-corrected chi connectivity index (χ3v) is 3.92. The molecule has 2 atom stereocenters. The SMILES string of the molecule is c1ccc(CON=C2CCN3CCCC2C3)cc1. The Kier molecular flexibility index (Phi) is 3.60. The molecule has 0 spiro atoms. The summed E-state index contributed by atoms with van der Waals surface area (Å²) in [4.78, 5) is 8.07. The van der Waals surface area contributed by atoms with Crippen LogP contribution < -0.4 is 0 Å². The molecule has 2 fully saturated rings. The molecule has 3 heteroatoms. The van der Waals surface area contributed by atoms with Crippen molar-refractivity contribution in [2.24, 2.45) is 11.1 Å². The van der Waals surface area contributed by atoms with Gasteiger partial charge < -0.3 is 9.74 Å². The molecule has 0 amide bonds. The van der Waals surface area contributed by atoms with Crippen LogP contribution in [-0.4, -0.2) is 30.2 Å². The van der Waals surface area contributed by atoms with Crippen LogP contribution in [0.4, 0.5) is 0 Å². The number of oxime groups is 1. The van der Waals surface area contributed by atoms with Gasteiger partial charge >= 0.3 is 0 Å². The first-order valence-corrected chi connectivity index (χ1v) is 6.87. The molecular formula is C15H20N2O. The Bertz CT molecular complexity index is 416. The Morgan fingerprint density at radius 1 is 1.22 bits per heavy atom. The van der Waals surface area contributed by atoms with E-state index in [4.69, 9.17) is 4.84 Å². The van der Waals surface area contributed by atoms with Crippen LogP contribution in [0, 0.1) is 5.92 Å². The minimum atomic E-state index is 0.584. The molecule has 0 N–H and O–H groups in total. The van der Waals surface area contributed by atoms with Gasteiger partial charge in [0.05, 0.1) is 5.71 Å². The van der Waals surface area contributed by atoms with E-state index in [1.807, 2.05) is 18.2 Å². The Balaban J connectivity index is 1.56. The Morgan fingerprint density at radius 2 is 2.11 bits per heavy atom. The van der Waals surface area contributed by atoms with Crippen LogP contribution in [-0.2, 0) is 11.4 Å². The highest BCUT2D eigenvalue weighted by Crippen LogP contribution is 2.24. The molecule has 2 aliphatic rings. The first-order chi connectivity index (χ1) is 8.92. The lowest BCUT2D eigenvalue weighted by atomic mass is 9.88. The molecule has 3 rings (SSSR count). The predicted molar refractivity (Wildman–Crippen MR) is 72.4 cm³/mol. The van der Waals surface area contributed by atoms with Gasteiger partial charge in [0.1, 0.15) is 6.61 Å². The van der Waals surface area contributed by atoms with Crippen molar-refractivity contribution >= 4 is 5.71 Å². The van der Waals surface area contributed by atoms with Crippen molar-refractivity contribution in [2.75, 3.05) is 19.6 Å². The van der Waals surface area contributed by atoms with Gasteiger partial charge in [0, 0.05) is 25.4 Å². The number of hydrogen-bond donors (Lipinski definition) is 0. The summed E-state index contributed by atoms with van der Waals surface area (Å²) >= 11 is 0. The zero-order valence-corrected chi connectivity index (χ0v) is 10.7. The first-order valence-electron chi connectivity index (χ1n) is 6.87. The fourth-order valence-corrected chi connectivity index (χ4v) is 2.89. The number of rotatable bonds is 3. The Labute approximate surface area is 108 Å². The van der Waals surface area contributed by atoms with Crippen molar-refractivity contribution in [3.63, 3.8) is 0 Å². The quantitative estimate of drug-likeness (QED) is 0.764. The maximum absolute atomic E-state index is 5.52. The van der Waals surface area contributed by atoms with Crippen LogP contribution >= 0.6 is 0 Å². The fourth-order valence-electron chi connectivity index (χ4n) is 2.89. The van der Waals surface area contributed by atoms with Crippen LogP contribution in [0.2, 0.25) is 0 Å². The molecule has 2 unspecified atom stereocenters. The summed E-state index contributed by atoms with van der Waals surface area (Å²) < 4.78 is 0. The highest BCUT2D eigenvalue weighted by atomic mass is 16.6. The molecule has 96 valence electrons. The van der Waals surface area contributed by atoms with E-state index < -0.39 is 0 Å². The molecule has 0 saturated carbocycles. The summed E-state index contributed by atoms with van der Waals surface area (Å²) in [7, 11) is 0. The van der Waals surface area contributed by atoms with Gasteiger partial charge in [0.2, 0.25) is 0 Å². The fraction of sp³-hybridized carbons (Fsp3) is 0.533. The van der Waals surface area contributed by atoms with E-state index in [9.17, 15) is 0 Å². The predicted octanol–water partition coefficient (Wildman–Crippen LogP) is 2.67. The molecule has 2 saturated heterocycles. The zero-order valence-electron chi connectivity index (χ0n) is 10.7. The second-order valence-corrected chi connectivity index (χ2v) is 5.23. The minimum Gasteiger partial charge on any atom is -0.391 e. The smallest absolute Gasteiger partial charge is 0.142 e. The average molecular weight is 244 g/mol. The normalized spacial score (nSPS) is 29.2. The summed E-state index contributed by atoms with van der Waals surface area (Å²) in [6.45, 7) is 4.20. The third kappa shape index (κ3) is 2.72. The second-order valence-electron chi connectivity index (χ2n) is 5.23. The minimum absolute atomic E-state index is 0.584. The van der Waals surface area contributed by atoms with Gasteiger partial charge in [-0.15, -0.1) is 0 Å². The van der Waals surface area contributed by atoms with Crippen molar-refractivity contribution in [1.82, 2.24) is 4.90 Å². The van der Waals surface area contributed by atoms with Crippen LogP contribution in [0.25, 0.3) is 0 Å².